The summed E-state index contributed by atoms with van der Waals surface area (Å²) in [4.78, 5) is 8.66. The molecule has 0 N–H and O–H groups in total. The Morgan fingerprint density at radius 1 is 0.642 bits per heavy atom. The first kappa shape index (κ1) is 33.6. The number of anilines is 4. The molecule has 3 aliphatic rings. The molecular weight excluding hydrogens is 830 g/mol. The second-order valence-electron chi connectivity index (χ2n) is 15.3. The van der Waals surface area contributed by atoms with E-state index in [4.69, 9.17) is 0 Å². The third kappa shape index (κ3) is 4.86. The average molecular weight is 869 g/mol. The number of aromatic nitrogens is 1. The third-order valence-electron chi connectivity index (χ3n) is 11.1. The van der Waals surface area contributed by atoms with E-state index in [2.05, 4.69) is 218 Å². The van der Waals surface area contributed by atoms with Crippen LogP contribution in [0.5, 0.6) is 0 Å². The predicted octanol–water partition coefficient (Wildman–Crippen LogP) is 10.4. The quantitative estimate of drug-likeness (QED) is 0.164. The van der Waals surface area contributed by atoms with Crippen molar-refractivity contribution in [3.05, 3.63) is 187 Å². The molecule has 1 aromatic heterocycles. The Bertz CT molecular complexity index is 2580. The van der Waals surface area contributed by atoms with Crippen LogP contribution in [0.1, 0.15) is 48.6 Å². The molecule has 3 aliphatic heterocycles. The van der Waals surface area contributed by atoms with Crippen LogP contribution >= 0.6 is 0 Å². The fourth-order valence-electron chi connectivity index (χ4n) is 8.61. The molecule has 10 rings (SSSR count). The topological polar surface area (TPSA) is 17.9 Å². The molecular formula is C47H39N5Pt. The summed E-state index contributed by atoms with van der Waals surface area (Å²) in [6, 6.07) is 52.7. The fourth-order valence-corrected chi connectivity index (χ4v) is 8.61. The van der Waals surface area contributed by atoms with Gasteiger partial charge in [0.25, 0.3) is 0 Å². The summed E-state index contributed by atoms with van der Waals surface area (Å²) < 4.78 is 2.49. The van der Waals surface area contributed by atoms with Crippen LogP contribution in [0.4, 0.5) is 22.7 Å². The maximum absolute atomic E-state index is 4.11. The Labute approximate surface area is 326 Å². The van der Waals surface area contributed by atoms with Gasteiger partial charge in [0, 0.05) is 38.6 Å². The van der Waals surface area contributed by atoms with Crippen LogP contribution in [0.2, 0.25) is 0 Å². The van der Waals surface area contributed by atoms with E-state index in [1.54, 1.807) is 0 Å². The first-order chi connectivity index (χ1) is 25.2. The SMILES string of the molecule is CN1C=CN(c2[c-]c(C3(c4ccccc4)c4[c-]c(N5[CH-]N(C)c6ccccc65)ccc4-n4c5ccc(C(C)(C)C)cc5c5cccc3c54)ccc2)[CH-]1.[Pt+4]. The van der Waals surface area contributed by atoms with Gasteiger partial charge in [-0.3, -0.25) is 0 Å². The van der Waals surface area contributed by atoms with Crippen LogP contribution in [-0.2, 0) is 31.9 Å². The zero-order chi connectivity index (χ0) is 35.4. The van der Waals surface area contributed by atoms with Gasteiger partial charge in [-0.15, -0.1) is 34.6 Å². The van der Waals surface area contributed by atoms with E-state index in [1.807, 2.05) is 0 Å². The molecule has 53 heavy (non-hydrogen) atoms. The third-order valence-corrected chi connectivity index (χ3v) is 11.1. The molecule has 4 heterocycles. The number of fused-ring (bicyclic) bond motifs is 6. The van der Waals surface area contributed by atoms with E-state index in [1.165, 1.54) is 44.2 Å². The molecule has 1 unspecified atom stereocenters. The van der Waals surface area contributed by atoms with Crippen molar-refractivity contribution >= 4 is 44.6 Å². The first-order valence-electron chi connectivity index (χ1n) is 18.0. The Morgan fingerprint density at radius 2 is 1.42 bits per heavy atom. The van der Waals surface area contributed by atoms with Gasteiger partial charge >= 0.3 is 21.1 Å². The van der Waals surface area contributed by atoms with Crippen molar-refractivity contribution in [3.8, 4) is 5.69 Å². The van der Waals surface area contributed by atoms with Gasteiger partial charge < -0.3 is 24.2 Å². The molecule has 0 bridgehead atoms. The minimum atomic E-state index is -0.736. The molecule has 0 aliphatic carbocycles. The van der Waals surface area contributed by atoms with Gasteiger partial charge in [0.05, 0.1) is 0 Å². The van der Waals surface area contributed by atoms with Crippen molar-refractivity contribution < 1.29 is 21.1 Å². The van der Waals surface area contributed by atoms with Gasteiger partial charge in [-0.2, -0.15) is 43.7 Å². The van der Waals surface area contributed by atoms with Crippen LogP contribution in [0, 0.1) is 25.5 Å². The van der Waals surface area contributed by atoms with E-state index >= 15 is 0 Å². The van der Waals surface area contributed by atoms with Crippen LogP contribution in [0.3, 0.4) is 0 Å². The fraction of sp³-hybridized carbons (Fsp3) is 0.149. The summed E-state index contributed by atoms with van der Waals surface area (Å²) >= 11 is 0. The minimum Gasteiger partial charge on any atom is -0.510 e. The Balaban J connectivity index is 0.00000372. The van der Waals surface area contributed by atoms with Crippen LogP contribution < -0.4 is 14.7 Å². The van der Waals surface area contributed by atoms with E-state index in [-0.39, 0.29) is 26.5 Å². The molecule has 6 heteroatoms. The van der Waals surface area contributed by atoms with Crippen molar-refractivity contribution in [1.82, 2.24) is 9.47 Å². The first-order valence-corrected chi connectivity index (χ1v) is 18.0. The van der Waals surface area contributed by atoms with Gasteiger partial charge in [-0.25, -0.2) is 0 Å². The molecule has 0 saturated carbocycles. The smallest absolute Gasteiger partial charge is 0.510 e. The molecule has 0 spiro atoms. The number of hydrogen-bond acceptors (Lipinski definition) is 4. The van der Waals surface area contributed by atoms with Gasteiger partial charge in [-0.1, -0.05) is 93.2 Å². The van der Waals surface area contributed by atoms with Crippen molar-refractivity contribution in [3.63, 3.8) is 0 Å². The molecule has 1 atom stereocenters. The van der Waals surface area contributed by atoms with Crippen LogP contribution in [0.25, 0.3) is 27.5 Å². The Hall–Kier alpha value is -5.25. The van der Waals surface area contributed by atoms with Crippen LogP contribution in [-0.4, -0.2) is 23.6 Å². The van der Waals surface area contributed by atoms with E-state index < -0.39 is 5.41 Å². The number of benzene rings is 6. The normalized spacial score (nSPS) is 17.5. The zero-order valence-corrected chi connectivity index (χ0v) is 32.7. The molecule has 0 saturated heterocycles. The predicted molar refractivity (Wildman–Crippen MR) is 214 cm³/mol. The molecule has 6 aromatic carbocycles. The van der Waals surface area contributed by atoms with Gasteiger partial charge in [0.2, 0.25) is 0 Å². The number of nitrogens with zero attached hydrogens (tertiary/aromatic N) is 5. The monoisotopic (exact) mass is 868 g/mol. The van der Waals surface area contributed by atoms with Crippen molar-refractivity contribution in [2.45, 2.75) is 31.6 Å². The van der Waals surface area contributed by atoms with E-state index in [0.29, 0.717) is 0 Å². The number of hydrogen-bond donors (Lipinski definition) is 0. The molecule has 0 amide bonds. The Kier molecular flexibility index (Phi) is 7.70. The molecule has 262 valence electrons. The molecule has 7 aromatic rings. The summed E-state index contributed by atoms with van der Waals surface area (Å²) in [6.07, 6.45) is 4.16. The standard InChI is InChI=1S/C47H39N5.Pt/c1-46(2,3)33-21-23-41-38(28-33)37-17-12-18-39-45(37)52(41)42-24-22-36(51-31-49(5)43-19-9-10-20-44(43)51)29-40(42)47(39,32-13-7-6-8-14-32)34-15-11-16-35(27-34)50-26-25-48(4)30-50;/h6-26,28,30-31H,1-5H3;/q-4;+4. The van der Waals surface area contributed by atoms with Crippen molar-refractivity contribution in [1.29, 1.82) is 0 Å². The van der Waals surface area contributed by atoms with E-state index in [9.17, 15) is 0 Å². The van der Waals surface area contributed by atoms with Gasteiger partial charge in [-0.05, 0) is 72.9 Å². The second-order valence-corrected chi connectivity index (χ2v) is 15.3. The minimum absolute atomic E-state index is 0. The van der Waals surface area contributed by atoms with Crippen molar-refractivity contribution in [2.75, 3.05) is 28.8 Å². The zero-order valence-electron chi connectivity index (χ0n) is 30.4. The summed E-state index contributed by atoms with van der Waals surface area (Å²) in [7, 11) is 4.16. The summed E-state index contributed by atoms with van der Waals surface area (Å²) in [5.41, 5.74) is 13.0. The van der Waals surface area contributed by atoms with Gasteiger partial charge in [0.1, 0.15) is 0 Å². The van der Waals surface area contributed by atoms with E-state index in [0.717, 1.165) is 33.9 Å². The number of rotatable bonds is 4. The largest absolute Gasteiger partial charge is 4.00 e. The maximum atomic E-state index is 4.11. The summed E-state index contributed by atoms with van der Waals surface area (Å²) in [5.74, 6) is 0. The molecule has 0 fully saturated rings. The number of para-hydroxylation sites is 3. The van der Waals surface area contributed by atoms with Crippen molar-refractivity contribution in [2.24, 2.45) is 0 Å². The Morgan fingerprint density at radius 3 is 2.19 bits per heavy atom. The van der Waals surface area contributed by atoms with Crippen LogP contribution in [0.15, 0.2) is 134 Å². The summed E-state index contributed by atoms with van der Waals surface area (Å²) in [5, 5.41) is 2.52. The maximum Gasteiger partial charge on any atom is 4.00 e. The summed E-state index contributed by atoms with van der Waals surface area (Å²) in [6.45, 7) is 11.1. The second kappa shape index (κ2) is 12.1. The molecule has 5 nitrogen and oxygen atoms in total. The average Bonchev–Trinajstić information content (AvgIpc) is 3.86. The molecule has 0 radical (unpaired) electrons. The van der Waals surface area contributed by atoms with Gasteiger partial charge in [0.15, 0.2) is 0 Å².